The van der Waals surface area contributed by atoms with E-state index in [1.54, 1.807) is 12.2 Å². The standard InChI is InChI=1S/C14H20N2O4/c1-3-9-19-15-11-7-5-6-8-12(11)16(20-10-4-2)14(18)13(15)17/h3-4,11-12H,1-2,5-10H2/t11-,12-/m0/s1. The van der Waals surface area contributed by atoms with Crippen LogP contribution in [0.2, 0.25) is 0 Å². The minimum atomic E-state index is -0.681. The molecule has 6 heteroatoms. The maximum Gasteiger partial charge on any atom is 0.338 e. The van der Waals surface area contributed by atoms with Gasteiger partial charge < -0.3 is 0 Å². The van der Waals surface area contributed by atoms with Gasteiger partial charge in [0.15, 0.2) is 0 Å². The van der Waals surface area contributed by atoms with Crippen LogP contribution >= 0.6 is 0 Å². The molecule has 1 heterocycles. The fraction of sp³-hybridized carbons (Fsp3) is 0.571. The van der Waals surface area contributed by atoms with E-state index >= 15 is 0 Å². The second kappa shape index (κ2) is 6.67. The normalized spacial score (nSPS) is 26.4. The monoisotopic (exact) mass is 280 g/mol. The van der Waals surface area contributed by atoms with Crippen molar-refractivity contribution in [3.8, 4) is 0 Å². The van der Waals surface area contributed by atoms with E-state index in [1.165, 1.54) is 10.1 Å². The first-order valence-electron chi connectivity index (χ1n) is 6.85. The number of hydrogen-bond acceptors (Lipinski definition) is 4. The molecule has 2 aliphatic rings. The lowest BCUT2D eigenvalue weighted by Gasteiger charge is -2.46. The Morgan fingerprint density at radius 1 is 0.950 bits per heavy atom. The molecule has 1 aliphatic carbocycles. The van der Waals surface area contributed by atoms with Crippen molar-refractivity contribution in [2.45, 2.75) is 37.8 Å². The molecule has 0 N–H and O–H groups in total. The van der Waals surface area contributed by atoms with Gasteiger partial charge in [-0.3, -0.25) is 19.3 Å². The van der Waals surface area contributed by atoms with Crippen LogP contribution in [0.3, 0.4) is 0 Å². The van der Waals surface area contributed by atoms with E-state index in [0.29, 0.717) is 0 Å². The third-order valence-corrected chi connectivity index (χ3v) is 3.54. The second-order valence-corrected chi connectivity index (χ2v) is 4.85. The van der Waals surface area contributed by atoms with Crippen LogP contribution in [0.4, 0.5) is 0 Å². The minimum Gasteiger partial charge on any atom is -0.266 e. The van der Waals surface area contributed by atoms with Crippen LogP contribution in [0.5, 0.6) is 0 Å². The average Bonchev–Trinajstić information content (AvgIpc) is 2.47. The van der Waals surface area contributed by atoms with Crippen LogP contribution in [-0.4, -0.2) is 47.2 Å². The highest BCUT2D eigenvalue weighted by molar-refractivity contribution is 6.35. The smallest absolute Gasteiger partial charge is 0.266 e. The zero-order valence-electron chi connectivity index (χ0n) is 11.5. The summed E-state index contributed by atoms with van der Waals surface area (Å²) in [7, 11) is 0. The van der Waals surface area contributed by atoms with E-state index in [2.05, 4.69) is 13.2 Å². The number of nitrogens with zero attached hydrogens (tertiary/aromatic N) is 2. The van der Waals surface area contributed by atoms with Gasteiger partial charge in [-0.05, 0) is 12.8 Å². The number of carbonyl (C=O) groups excluding carboxylic acids is 2. The predicted octanol–water partition coefficient (Wildman–Crippen LogP) is 1.20. The summed E-state index contributed by atoms with van der Waals surface area (Å²) in [6.45, 7) is 7.52. The molecule has 0 bridgehead atoms. The molecule has 0 unspecified atom stereocenters. The maximum atomic E-state index is 12.1. The third-order valence-electron chi connectivity index (χ3n) is 3.54. The van der Waals surface area contributed by atoms with Gasteiger partial charge in [0.1, 0.15) is 0 Å². The van der Waals surface area contributed by atoms with Crippen molar-refractivity contribution in [1.29, 1.82) is 0 Å². The van der Waals surface area contributed by atoms with Gasteiger partial charge in [-0.15, -0.1) is 13.2 Å². The van der Waals surface area contributed by atoms with Crippen LogP contribution in [0.15, 0.2) is 25.3 Å². The highest BCUT2D eigenvalue weighted by Gasteiger charge is 2.48. The lowest BCUT2D eigenvalue weighted by molar-refractivity contribution is -0.259. The van der Waals surface area contributed by atoms with Crippen molar-refractivity contribution in [2.24, 2.45) is 0 Å². The van der Waals surface area contributed by atoms with Crippen molar-refractivity contribution in [3.05, 3.63) is 25.3 Å². The van der Waals surface area contributed by atoms with Gasteiger partial charge in [-0.25, -0.2) is 10.1 Å². The predicted molar refractivity (Wildman–Crippen MR) is 72.0 cm³/mol. The maximum absolute atomic E-state index is 12.1. The molecule has 0 aromatic carbocycles. The highest BCUT2D eigenvalue weighted by atomic mass is 16.7. The van der Waals surface area contributed by atoms with E-state index in [4.69, 9.17) is 9.68 Å². The molecule has 0 aromatic heterocycles. The van der Waals surface area contributed by atoms with Crippen LogP contribution in [-0.2, 0) is 19.3 Å². The van der Waals surface area contributed by atoms with Gasteiger partial charge >= 0.3 is 11.8 Å². The van der Waals surface area contributed by atoms with Crippen molar-refractivity contribution in [1.82, 2.24) is 10.1 Å². The quantitative estimate of drug-likeness (QED) is 0.542. The number of hydroxylamine groups is 4. The van der Waals surface area contributed by atoms with Gasteiger partial charge in [0.2, 0.25) is 0 Å². The molecular weight excluding hydrogens is 260 g/mol. The van der Waals surface area contributed by atoms with Gasteiger partial charge in [-0.2, -0.15) is 0 Å². The Bertz CT molecular complexity index is 372. The molecule has 1 saturated heterocycles. The van der Waals surface area contributed by atoms with Gasteiger partial charge in [-0.1, -0.05) is 25.0 Å². The summed E-state index contributed by atoms with van der Waals surface area (Å²) in [4.78, 5) is 35.0. The third kappa shape index (κ3) is 2.76. The Balaban J connectivity index is 2.19. The molecule has 1 aliphatic heterocycles. The molecule has 110 valence electrons. The van der Waals surface area contributed by atoms with Crippen LogP contribution in [0.25, 0.3) is 0 Å². The largest absolute Gasteiger partial charge is 0.338 e. The number of fused-ring (bicyclic) bond motifs is 1. The van der Waals surface area contributed by atoms with Crippen molar-refractivity contribution >= 4 is 11.8 Å². The van der Waals surface area contributed by atoms with E-state index < -0.39 is 11.8 Å². The summed E-state index contributed by atoms with van der Waals surface area (Å²) < 4.78 is 0. The number of hydrogen-bond donors (Lipinski definition) is 0. The van der Waals surface area contributed by atoms with Gasteiger partial charge in [0, 0.05) is 0 Å². The zero-order valence-corrected chi connectivity index (χ0v) is 11.5. The van der Waals surface area contributed by atoms with E-state index in [0.717, 1.165) is 25.7 Å². The molecule has 2 fully saturated rings. The number of rotatable bonds is 6. The van der Waals surface area contributed by atoms with E-state index in [-0.39, 0.29) is 25.3 Å². The minimum absolute atomic E-state index is 0.154. The zero-order chi connectivity index (χ0) is 14.5. The SMILES string of the molecule is C=CCON1C(=O)C(=O)N(OCC=C)[C@H]2CCCC[C@@H]21. The summed E-state index contributed by atoms with van der Waals surface area (Å²) in [5, 5.41) is 2.42. The Hall–Kier alpha value is -1.66. The highest BCUT2D eigenvalue weighted by Crippen LogP contribution is 2.31. The Morgan fingerprint density at radius 2 is 1.35 bits per heavy atom. The molecule has 20 heavy (non-hydrogen) atoms. The number of piperazine rings is 1. The molecule has 6 nitrogen and oxygen atoms in total. The average molecular weight is 280 g/mol. The Kier molecular flexibility index (Phi) is 4.92. The molecule has 0 radical (unpaired) electrons. The Morgan fingerprint density at radius 3 is 1.70 bits per heavy atom. The fourth-order valence-corrected chi connectivity index (χ4v) is 2.70. The lowest BCUT2D eigenvalue weighted by atomic mass is 9.88. The van der Waals surface area contributed by atoms with E-state index in [1.807, 2.05) is 0 Å². The van der Waals surface area contributed by atoms with Gasteiger partial charge in [0.05, 0.1) is 25.3 Å². The van der Waals surface area contributed by atoms with E-state index in [9.17, 15) is 9.59 Å². The van der Waals surface area contributed by atoms with Crippen molar-refractivity contribution < 1.29 is 19.3 Å². The first-order chi connectivity index (χ1) is 9.70. The first-order valence-corrected chi connectivity index (χ1v) is 6.85. The molecule has 0 spiro atoms. The summed E-state index contributed by atoms with van der Waals surface area (Å²) in [6, 6.07) is -0.308. The lowest BCUT2D eigenvalue weighted by Crippen LogP contribution is -2.65. The Labute approximate surface area is 118 Å². The van der Waals surface area contributed by atoms with Gasteiger partial charge in [0.25, 0.3) is 0 Å². The summed E-state index contributed by atoms with van der Waals surface area (Å²) >= 11 is 0. The van der Waals surface area contributed by atoms with Crippen LogP contribution in [0, 0.1) is 0 Å². The molecule has 0 aromatic rings. The molecule has 2 rings (SSSR count). The summed E-state index contributed by atoms with van der Waals surface area (Å²) in [6.07, 6.45) is 6.72. The molecule has 2 amide bonds. The fourth-order valence-electron chi connectivity index (χ4n) is 2.70. The second-order valence-electron chi connectivity index (χ2n) is 4.85. The van der Waals surface area contributed by atoms with Crippen molar-refractivity contribution in [2.75, 3.05) is 13.2 Å². The summed E-state index contributed by atoms with van der Waals surface area (Å²) in [5.41, 5.74) is 0. The topological polar surface area (TPSA) is 59.1 Å². The number of amides is 2. The summed E-state index contributed by atoms with van der Waals surface area (Å²) in [5.74, 6) is -1.36. The van der Waals surface area contributed by atoms with Crippen LogP contribution in [0.1, 0.15) is 25.7 Å². The molecule has 1 saturated carbocycles. The molecular formula is C14H20N2O4. The first kappa shape index (κ1) is 14.7. The van der Waals surface area contributed by atoms with Crippen LogP contribution < -0.4 is 0 Å². The van der Waals surface area contributed by atoms with Crippen molar-refractivity contribution in [3.63, 3.8) is 0 Å². The molecule has 2 atom stereocenters. The number of carbonyl (C=O) groups is 2.